The lowest BCUT2D eigenvalue weighted by atomic mass is 9.93. The molecule has 0 spiro atoms. The number of rotatable bonds is 4. The summed E-state index contributed by atoms with van der Waals surface area (Å²) in [7, 11) is -3.56. The molecule has 8 heteroatoms. The minimum absolute atomic E-state index is 0.0384. The van der Waals surface area contributed by atoms with E-state index in [1.54, 1.807) is 11.3 Å². The van der Waals surface area contributed by atoms with Crippen LogP contribution in [0.3, 0.4) is 0 Å². The van der Waals surface area contributed by atoms with Gasteiger partial charge in [0.2, 0.25) is 10.0 Å². The van der Waals surface area contributed by atoms with E-state index in [9.17, 15) is 12.8 Å². The number of thiazole rings is 1. The van der Waals surface area contributed by atoms with E-state index in [1.165, 1.54) is 28.6 Å². The maximum absolute atomic E-state index is 13.0. The molecule has 1 aromatic carbocycles. The van der Waals surface area contributed by atoms with Gasteiger partial charge in [0.1, 0.15) is 10.8 Å². The second-order valence-corrected chi connectivity index (χ2v) is 10.4. The fourth-order valence-electron chi connectivity index (χ4n) is 2.80. The molecule has 0 aliphatic carbocycles. The van der Waals surface area contributed by atoms with E-state index in [-0.39, 0.29) is 10.3 Å². The molecule has 1 aliphatic heterocycles. The van der Waals surface area contributed by atoms with Crippen LogP contribution in [0.4, 0.5) is 4.39 Å². The number of nitrogens with zero attached hydrogens (tertiary/aromatic N) is 3. The summed E-state index contributed by atoms with van der Waals surface area (Å²) in [4.78, 5) is 7.07. The molecule has 0 atom stereocenters. The molecule has 1 aromatic heterocycles. The quantitative estimate of drug-likeness (QED) is 0.796. The summed E-state index contributed by atoms with van der Waals surface area (Å²) in [6.07, 6.45) is 0. The number of benzene rings is 1. The Kier molecular flexibility index (Phi) is 5.48. The van der Waals surface area contributed by atoms with E-state index in [0.717, 1.165) is 17.2 Å². The molecule has 0 amide bonds. The lowest BCUT2D eigenvalue weighted by Crippen LogP contribution is -2.48. The molecule has 5 nitrogen and oxygen atoms in total. The van der Waals surface area contributed by atoms with Gasteiger partial charge in [-0.1, -0.05) is 20.8 Å². The summed E-state index contributed by atoms with van der Waals surface area (Å²) in [6.45, 7) is 9.34. The number of sulfonamides is 1. The molecule has 1 aliphatic rings. The third-order valence-electron chi connectivity index (χ3n) is 4.46. The van der Waals surface area contributed by atoms with Crippen LogP contribution in [-0.4, -0.2) is 48.8 Å². The summed E-state index contributed by atoms with van der Waals surface area (Å²) in [5, 5.41) is 3.16. The molecule has 2 aromatic rings. The van der Waals surface area contributed by atoms with Crippen LogP contribution in [-0.2, 0) is 22.0 Å². The lowest BCUT2D eigenvalue weighted by molar-refractivity contribution is 0.181. The van der Waals surface area contributed by atoms with Gasteiger partial charge >= 0.3 is 0 Å². The third-order valence-corrected chi connectivity index (χ3v) is 7.21. The Balaban J connectivity index is 1.60. The van der Waals surface area contributed by atoms with Crippen LogP contribution in [0.5, 0.6) is 0 Å². The van der Waals surface area contributed by atoms with Crippen molar-refractivity contribution in [3.63, 3.8) is 0 Å². The van der Waals surface area contributed by atoms with Crippen molar-refractivity contribution in [2.24, 2.45) is 0 Å². The molecule has 0 radical (unpaired) electrons. The third kappa shape index (κ3) is 4.31. The molecular weight excluding hydrogens is 373 g/mol. The monoisotopic (exact) mass is 397 g/mol. The molecule has 26 heavy (non-hydrogen) atoms. The predicted molar refractivity (Wildman–Crippen MR) is 101 cm³/mol. The maximum Gasteiger partial charge on any atom is 0.243 e. The first-order chi connectivity index (χ1) is 12.2. The van der Waals surface area contributed by atoms with Crippen LogP contribution < -0.4 is 0 Å². The number of halogens is 1. The molecule has 1 saturated heterocycles. The van der Waals surface area contributed by atoms with Crippen molar-refractivity contribution in [2.45, 2.75) is 37.6 Å². The highest BCUT2D eigenvalue weighted by Gasteiger charge is 2.29. The van der Waals surface area contributed by atoms with E-state index in [4.69, 9.17) is 4.98 Å². The summed E-state index contributed by atoms with van der Waals surface area (Å²) >= 11 is 1.65. The summed E-state index contributed by atoms with van der Waals surface area (Å²) in [5.74, 6) is -0.438. The number of hydrogen-bond donors (Lipinski definition) is 0. The minimum Gasteiger partial charge on any atom is -0.294 e. The molecule has 3 rings (SSSR count). The average Bonchev–Trinajstić information content (AvgIpc) is 3.05. The predicted octanol–water partition coefficient (Wildman–Crippen LogP) is 3.09. The van der Waals surface area contributed by atoms with Gasteiger partial charge in [0.15, 0.2) is 0 Å². The molecule has 0 saturated carbocycles. The Morgan fingerprint density at radius 2 is 1.73 bits per heavy atom. The van der Waals surface area contributed by atoms with E-state index in [1.807, 2.05) is 0 Å². The molecule has 0 bridgehead atoms. The minimum atomic E-state index is -3.56. The fourth-order valence-corrected chi connectivity index (χ4v) is 5.29. The zero-order valence-corrected chi connectivity index (χ0v) is 16.9. The Bertz CT molecular complexity index is 849. The smallest absolute Gasteiger partial charge is 0.243 e. The van der Waals surface area contributed by atoms with Crippen LogP contribution in [0.1, 0.15) is 31.5 Å². The first kappa shape index (κ1) is 19.4. The SMILES string of the molecule is CC(C)(C)c1csc(CN2CCN(S(=O)(=O)c3ccc(F)cc3)CC2)n1. The van der Waals surface area contributed by atoms with Crippen molar-refractivity contribution >= 4 is 21.4 Å². The highest BCUT2D eigenvalue weighted by atomic mass is 32.2. The Morgan fingerprint density at radius 1 is 1.12 bits per heavy atom. The topological polar surface area (TPSA) is 53.5 Å². The van der Waals surface area contributed by atoms with Gasteiger partial charge in [-0.15, -0.1) is 11.3 Å². The van der Waals surface area contributed by atoms with Crippen LogP contribution in [0, 0.1) is 5.82 Å². The van der Waals surface area contributed by atoms with Gasteiger partial charge in [0.25, 0.3) is 0 Å². The van der Waals surface area contributed by atoms with Crippen molar-refractivity contribution in [1.29, 1.82) is 0 Å². The number of piperazine rings is 1. The first-order valence-electron chi connectivity index (χ1n) is 8.59. The lowest BCUT2D eigenvalue weighted by Gasteiger charge is -2.33. The second kappa shape index (κ2) is 7.34. The van der Waals surface area contributed by atoms with E-state index in [0.29, 0.717) is 26.2 Å². The summed E-state index contributed by atoms with van der Waals surface area (Å²) in [5.41, 5.74) is 1.13. The first-order valence-corrected chi connectivity index (χ1v) is 10.9. The van der Waals surface area contributed by atoms with Crippen LogP contribution in [0.15, 0.2) is 34.5 Å². The van der Waals surface area contributed by atoms with Gasteiger partial charge in [-0.3, -0.25) is 4.90 Å². The van der Waals surface area contributed by atoms with Crippen molar-refractivity contribution in [2.75, 3.05) is 26.2 Å². The molecule has 0 N–H and O–H groups in total. The van der Waals surface area contributed by atoms with E-state index in [2.05, 4.69) is 31.1 Å². The molecule has 142 valence electrons. The average molecular weight is 398 g/mol. The van der Waals surface area contributed by atoms with Crippen molar-refractivity contribution in [3.8, 4) is 0 Å². The highest BCUT2D eigenvalue weighted by Crippen LogP contribution is 2.25. The molecular formula is C18H24FN3O2S2. The largest absolute Gasteiger partial charge is 0.294 e. The van der Waals surface area contributed by atoms with Gasteiger partial charge in [0, 0.05) is 37.0 Å². The standard InChI is InChI=1S/C18H24FN3O2S2/c1-18(2,3)16-13-25-17(20-16)12-21-8-10-22(11-9-21)26(23,24)15-6-4-14(19)5-7-15/h4-7,13H,8-12H2,1-3H3. The number of aromatic nitrogens is 1. The second-order valence-electron chi connectivity index (χ2n) is 7.51. The van der Waals surface area contributed by atoms with Gasteiger partial charge in [-0.25, -0.2) is 17.8 Å². The van der Waals surface area contributed by atoms with Crippen molar-refractivity contribution < 1.29 is 12.8 Å². The van der Waals surface area contributed by atoms with Gasteiger partial charge in [-0.05, 0) is 24.3 Å². The van der Waals surface area contributed by atoms with Gasteiger partial charge in [-0.2, -0.15) is 4.31 Å². The Hall–Kier alpha value is -1.35. The highest BCUT2D eigenvalue weighted by molar-refractivity contribution is 7.89. The molecule has 0 unspecified atom stereocenters. The summed E-state index contributed by atoms with van der Waals surface area (Å²) < 4.78 is 39.8. The van der Waals surface area contributed by atoms with Crippen LogP contribution in [0.2, 0.25) is 0 Å². The van der Waals surface area contributed by atoms with E-state index >= 15 is 0 Å². The maximum atomic E-state index is 13.0. The molecule has 2 heterocycles. The normalized spacial score (nSPS) is 17.5. The Labute approximate surface area is 158 Å². The van der Waals surface area contributed by atoms with Gasteiger partial charge in [0.05, 0.1) is 17.1 Å². The number of hydrogen-bond acceptors (Lipinski definition) is 5. The zero-order valence-electron chi connectivity index (χ0n) is 15.3. The summed E-state index contributed by atoms with van der Waals surface area (Å²) in [6, 6.07) is 5.00. The zero-order chi connectivity index (χ0) is 18.9. The van der Waals surface area contributed by atoms with Crippen molar-refractivity contribution in [3.05, 3.63) is 46.2 Å². The van der Waals surface area contributed by atoms with E-state index < -0.39 is 15.8 Å². The van der Waals surface area contributed by atoms with Gasteiger partial charge < -0.3 is 0 Å². The van der Waals surface area contributed by atoms with Crippen molar-refractivity contribution in [1.82, 2.24) is 14.2 Å². The van der Waals surface area contributed by atoms with Crippen LogP contribution in [0.25, 0.3) is 0 Å². The molecule has 1 fully saturated rings. The fraction of sp³-hybridized carbons (Fsp3) is 0.500. The van der Waals surface area contributed by atoms with Crippen LogP contribution >= 0.6 is 11.3 Å². The Morgan fingerprint density at radius 3 is 2.27 bits per heavy atom.